The molecule has 2 aromatic rings. The predicted molar refractivity (Wildman–Crippen MR) is 81.0 cm³/mol. The molecule has 19 heavy (non-hydrogen) atoms. The van der Waals surface area contributed by atoms with Gasteiger partial charge in [0, 0.05) is 20.4 Å². The van der Waals surface area contributed by atoms with E-state index in [0.29, 0.717) is 0 Å². The molecule has 0 atom stereocenters. The van der Waals surface area contributed by atoms with Crippen molar-refractivity contribution in [2.45, 2.75) is 30.4 Å². The summed E-state index contributed by atoms with van der Waals surface area (Å²) in [7, 11) is 0. The Labute approximate surface area is 121 Å². The van der Waals surface area contributed by atoms with Gasteiger partial charge in [-0.15, -0.1) is 23.1 Å². The van der Waals surface area contributed by atoms with E-state index < -0.39 is 5.97 Å². The maximum atomic E-state index is 10.6. The van der Waals surface area contributed by atoms with E-state index in [1.54, 1.807) is 11.8 Å². The lowest BCUT2D eigenvalue weighted by Crippen LogP contribution is -1.99. The highest BCUT2D eigenvalue weighted by molar-refractivity contribution is 7.98. The number of hydrogen-bond donors (Lipinski definition) is 1. The monoisotopic (exact) mass is 292 g/mol. The Balaban J connectivity index is 1.90. The summed E-state index contributed by atoms with van der Waals surface area (Å²) in [5, 5.41) is 8.71. The van der Waals surface area contributed by atoms with Crippen molar-refractivity contribution in [1.82, 2.24) is 0 Å². The van der Waals surface area contributed by atoms with Gasteiger partial charge < -0.3 is 5.11 Å². The molecule has 0 aliphatic carbocycles. The number of carboxylic acids is 1. The summed E-state index contributed by atoms with van der Waals surface area (Å²) in [6.45, 7) is 2.17. The Morgan fingerprint density at radius 2 is 1.84 bits per heavy atom. The first kappa shape index (κ1) is 14.2. The highest BCUT2D eigenvalue weighted by Crippen LogP contribution is 2.27. The molecule has 0 aliphatic heterocycles. The van der Waals surface area contributed by atoms with Gasteiger partial charge in [-0.25, -0.2) is 0 Å². The maximum Gasteiger partial charge on any atom is 0.307 e. The number of hydrogen-bond acceptors (Lipinski definition) is 3. The van der Waals surface area contributed by atoms with E-state index in [1.165, 1.54) is 14.6 Å². The molecule has 100 valence electrons. The third-order valence-corrected chi connectivity index (χ3v) is 5.20. The molecule has 0 saturated carbocycles. The molecule has 1 heterocycles. The maximum absolute atomic E-state index is 10.6. The summed E-state index contributed by atoms with van der Waals surface area (Å²) in [5.74, 6) is 0.189. The normalized spacial score (nSPS) is 10.6. The van der Waals surface area contributed by atoms with Crippen LogP contribution in [0, 0.1) is 0 Å². The van der Waals surface area contributed by atoms with Gasteiger partial charge >= 0.3 is 5.97 Å². The van der Waals surface area contributed by atoms with E-state index in [9.17, 15) is 4.79 Å². The van der Waals surface area contributed by atoms with Crippen molar-refractivity contribution in [1.29, 1.82) is 0 Å². The lowest BCUT2D eigenvalue weighted by Gasteiger charge is -2.01. The second kappa shape index (κ2) is 6.78. The zero-order valence-electron chi connectivity index (χ0n) is 10.8. The summed E-state index contributed by atoms with van der Waals surface area (Å²) in [5.41, 5.74) is 0.848. The van der Waals surface area contributed by atoms with Crippen molar-refractivity contribution in [2.75, 3.05) is 0 Å². The number of thiophene rings is 1. The second-order valence-electron chi connectivity index (χ2n) is 4.22. The lowest BCUT2D eigenvalue weighted by molar-refractivity contribution is -0.136. The standard InChI is InChI=1S/C15H16O2S2/c1-2-12-7-8-14(19-12)10-18-13-5-3-11(4-6-13)9-15(16)17/h3-8H,2,9-10H2,1H3,(H,16,17). The summed E-state index contributed by atoms with van der Waals surface area (Å²) < 4.78 is 0. The number of carboxylic acid groups (broad SMARTS) is 1. The average Bonchev–Trinajstić information content (AvgIpc) is 2.85. The van der Waals surface area contributed by atoms with Crippen LogP contribution in [0.3, 0.4) is 0 Å². The molecule has 0 unspecified atom stereocenters. The molecule has 0 amide bonds. The smallest absolute Gasteiger partial charge is 0.307 e. The Morgan fingerprint density at radius 1 is 1.16 bits per heavy atom. The van der Waals surface area contributed by atoms with Gasteiger partial charge in [0.2, 0.25) is 0 Å². The highest BCUT2D eigenvalue weighted by Gasteiger charge is 2.02. The fourth-order valence-electron chi connectivity index (χ4n) is 1.72. The first-order valence-electron chi connectivity index (χ1n) is 6.18. The third kappa shape index (κ3) is 4.40. The van der Waals surface area contributed by atoms with Gasteiger partial charge in [0.1, 0.15) is 0 Å². The molecule has 2 nitrogen and oxygen atoms in total. The number of rotatable bonds is 6. The van der Waals surface area contributed by atoms with Gasteiger partial charge in [0.05, 0.1) is 6.42 Å². The number of aryl methyl sites for hydroxylation is 1. The Kier molecular flexibility index (Phi) is 5.05. The Bertz CT molecular complexity index is 544. The fourth-order valence-corrected chi connectivity index (χ4v) is 3.62. The van der Waals surface area contributed by atoms with Crippen molar-refractivity contribution in [2.24, 2.45) is 0 Å². The van der Waals surface area contributed by atoms with Crippen molar-refractivity contribution in [3.05, 3.63) is 51.7 Å². The number of thioether (sulfide) groups is 1. The van der Waals surface area contributed by atoms with Crippen molar-refractivity contribution in [3.8, 4) is 0 Å². The van der Waals surface area contributed by atoms with E-state index in [1.807, 2.05) is 35.6 Å². The van der Waals surface area contributed by atoms with E-state index in [2.05, 4.69) is 19.1 Å². The average molecular weight is 292 g/mol. The van der Waals surface area contributed by atoms with Crippen LogP contribution in [0.25, 0.3) is 0 Å². The van der Waals surface area contributed by atoms with Gasteiger partial charge in [-0.2, -0.15) is 0 Å². The van der Waals surface area contributed by atoms with Crippen molar-refractivity contribution >= 4 is 29.1 Å². The van der Waals surface area contributed by atoms with Crippen LogP contribution < -0.4 is 0 Å². The van der Waals surface area contributed by atoms with Gasteiger partial charge in [-0.3, -0.25) is 4.79 Å². The molecule has 0 spiro atoms. The number of benzene rings is 1. The van der Waals surface area contributed by atoms with E-state index in [4.69, 9.17) is 5.11 Å². The molecule has 0 fully saturated rings. The van der Waals surface area contributed by atoms with Gasteiger partial charge in [-0.1, -0.05) is 19.1 Å². The molecule has 2 rings (SSSR count). The molecule has 4 heteroatoms. The molecule has 0 bridgehead atoms. The molecule has 0 saturated heterocycles. The van der Waals surface area contributed by atoms with Crippen molar-refractivity contribution in [3.63, 3.8) is 0 Å². The van der Waals surface area contributed by atoms with Crippen LogP contribution >= 0.6 is 23.1 Å². The number of aliphatic carboxylic acids is 1. The predicted octanol–water partition coefficient (Wildman–Crippen LogP) is 4.23. The van der Waals surface area contributed by atoms with Crippen LogP contribution in [0.4, 0.5) is 0 Å². The second-order valence-corrected chi connectivity index (χ2v) is 6.53. The zero-order valence-corrected chi connectivity index (χ0v) is 12.4. The summed E-state index contributed by atoms with van der Waals surface area (Å²) in [4.78, 5) is 14.6. The molecule has 1 aromatic carbocycles. The fraction of sp³-hybridized carbons (Fsp3) is 0.267. The summed E-state index contributed by atoms with van der Waals surface area (Å²) in [6.07, 6.45) is 1.19. The minimum atomic E-state index is -0.786. The van der Waals surface area contributed by atoms with E-state index in [-0.39, 0.29) is 6.42 Å². The minimum absolute atomic E-state index is 0.0930. The third-order valence-electron chi connectivity index (χ3n) is 2.73. The molecule has 1 aromatic heterocycles. The molecule has 0 aliphatic rings. The van der Waals surface area contributed by atoms with E-state index >= 15 is 0 Å². The Hall–Kier alpha value is -1.26. The number of carbonyl (C=O) groups is 1. The zero-order chi connectivity index (χ0) is 13.7. The lowest BCUT2D eigenvalue weighted by atomic mass is 10.2. The highest BCUT2D eigenvalue weighted by atomic mass is 32.2. The van der Waals surface area contributed by atoms with Crippen molar-refractivity contribution < 1.29 is 9.90 Å². The Morgan fingerprint density at radius 3 is 2.42 bits per heavy atom. The quantitative estimate of drug-likeness (QED) is 0.810. The van der Waals surface area contributed by atoms with Crippen LogP contribution in [0.15, 0.2) is 41.3 Å². The van der Waals surface area contributed by atoms with Gasteiger partial charge in [-0.05, 0) is 36.2 Å². The molecular formula is C15H16O2S2. The summed E-state index contributed by atoms with van der Waals surface area (Å²) >= 11 is 3.65. The minimum Gasteiger partial charge on any atom is -0.481 e. The molecular weight excluding hydrogens is 276 g/mol. The van der Waals surface area contributed by atoms with Gasteiger partial charge in [0.15, 0.2) is 0 Å². The molecule has 1 N–H and O–H groups in total. The van der Waals surface area contributed by atoms with Crippen LogP contribution in [0.2, 0.25) is 0 Å². The van der Waals surface area contributed by atoms with E-state index in [0.717, 1.165) is 17.7 Å². The van der Waals surface area contributed by atoms with Crippen LogP contribution in [0.5, 0.6) is 0 Å². The summed E-state index contributed by atoms with van der Waals surface area (Å²) in [6, 6.07) is 12.2. The topological polar surface area (TPSA) is 37.3 Å². The van der Waals surface area contributed by atoms with Crippen LogP contribution in [-0.4, -0.2) is 11.1 Å². The largest absolute Gasteiger partial charge is 0.481 e. The molecule has 0 radical (unpaired) electrons. The van der Waals surface area contributed by atoms with Crippen LogP contribution in [-0.2, 0) is 23.4 Å². The van der Waals surface area contributed by atoms with Gasteiger partial charge in [0.25, 0.3) is 0 Å². The SMILES string of the molecule is CCc1ccc(CSc2ccc(CC(=O)O)cc2)s1. The first-order valence-corrected chi connectivity index (χ1v) is 7.98. The first-order chi connectivity index (χ1) is 9.17. The van der Waals surface area contributed by atoms with Crippen LogP contribution in [0.1, 0.15) is 22.2 Å².